The topological polar surface area (TPSA) is 38.0 Å². The van der Waals surface area contributed by atoms with Gasteiger partial charge in [-0.05, 0) is 44.6 Å². The highest BCUT2D eigenvalue weighted by Gasteiger charge is 2.30. The van der Waals surface area contributed by atoms with Crippen LogP contribution in [0.4, 0.5) is 0 Å². The fraction of sp³-hybridized carbons (Fsp3) is 1.00. The summed E-state index contributed by atoms with van der Waals surface area (Å²) >= 11 is 0. The van der Waals surface area contributed by atoms with Crippen LogP contribution in [0.2, 0.25) is 0 Å². The Bertz CT molecular complexity index is 152. The third-order valence-corrected chi connectivity index (χ3v) is 3.00. The Balaban J connectivity index is 2.11. The van der Waals surface area contributed by atoms with E-state index in [0.29, 0.717) is 11.5 Å². The van der Waals surface area contributed by atoms with E-state index < -0.39 is 0 Å². The molecule has 2 heteroatoms. The number of rotatable bonds is 4. The molecule has 1 rings (SSSR count). The van der Waals surface area contributed by atoms with Crippen molar-refractivity contribution in [3.05, 3.63) is 0 Å². The largest absolute Gasteiger partial charge is 0.328 e. The molecular weight excluding hydrogens is 160 g/mol. The Morgan fingerprint density at radius 2 is 2.23 bits per heavy atom. The molecule has 0 saturated heterocycles. The van der Waals surface area contributed by atoms with Gasteiger partial charge in [0, 0.05) is 12.1 Å². The first kappa shape index (κ1) is 11.0. The molecule has 13 heavy (non-hydrogen) atoms. The third-order valence-electron chi connectivity index (χ3n) is 3.00. The van der Waals surface area contributed by atoms with Crippen LogP contribution in [-0.4, -0.2) is 18.6 Å². The lowest BCUT2D eigenvalue weighted by atomic mass is 9.92. The van der Waals surface area contributed by atoms with Crippen molar-refractivity contribution in [2.24, 2.45) is 11.1 Å². The number of nitrogens with one attached hydrogen (secondary N) is 1. The van der Waals surface area contributed by atoms with E-state index in [1.165, 1.54) is 19.3 Å². The third kappa shape index (κ3) is 4.10. The van der Waals surface area contributed by atoms with Crippen molar-refractivity contribution in [3.63, 3.8) is 0 Å². The second kappa shape index (κ2) is 4.43. The highest BCUT2D eigenvalue weighted by Crippen LogP contribution is 2.36. The average Bonchev–Trinajstić information content (AvgIpc) is 2.29. The van der Waals surface area contributed by atoms with E-state index in [1.807, 2.05) is 0 Å². The van der Waals surface area contributed by atoms with Crippen LogP contribution in [0.25, 0.3) is 0 Å². The molecule has 1 fully saturated rings. The smallest absolute Gasteiger partial charge is 0.00723 e. The fourth-order valence-electron chi connectivity index (χ4n) is 2.13. The zero-order chi connectivity index (χ0) is 9.90. The van der Waals surface area contributed by atoms with E-state index in [9.17, 15) is 0 Å². The molecule has 0 aromatic rings. The Kier molecular flexibility index (Phi) is 3.74. The Labute approximate surface area is 82.3 Å². The molecule has 1 aliphatic rings. The zero-order valence-electron chi connectivity index (χ0n) is 9.27. The van der Waals surface area contributed by atoms with Gasteiger partial charge in [0.25, 0.3) is 0 Å². The zero-order valence-corrected chi connectivity index (χ0v) is 9.27. The van der Waals surface area contributed by atoms with Crippen LogP contribution in [0.5, 0.6) is 0 Å². The number of nitrogens with two attached hydrogens (primary N) is 1. The Morgan fingerprint density at radius 3 is 2.69 bits per heavy atom. The van der Waals surface area contributed by atoms with Crippen LogP contribution in [-0.2, 0) is 0 Å². The molecule has 3 N–H and O–H groups in total. The highest BCUT2D eigenvalue weighted by molar-refractivity contribution is 4.86. The van der Waals surface area contributed by atoms with Crippen molar-refractivity contribution in [2.75, 3.05) is 6.54 Å². The molecule has 0 amide bonds. The predicted molar refractivity (Wildman–Crippen MR) is 57.7 cm³/mol. The fourth-order valence-corrected chi connectivity index (χ4v) is 2.13. The van der Waals surface area contributed by atoms with Gasteiger partial charge in [-0.1, -0.05) is 13.8 Å². The molecule has 2 nitrogen and oxygen atoms in total. The summed E-state index contributed by atoms with van der Waals surface area (Å²) in [7, 11) is 0. The first-order valence-corrected chi connectivity index (χ1v) is 5.48. The first-order chi connectivity index (χ1) is 5.99. The second-order valence-electron chi connectivity index (χ2n) is 5.32. The van der Waals surface area contributed by atoms with Crippen LogP contribution >= 0.6 is 0 Å². The van der Waals surface area contributed by atoms with Crippen LogP contribution < -0.4 is 11.1 Å². The Morgan fingerprint density at radius 1 is 1.54 bits per heavy atom. The molecule has 1 saturated carbocycles. The molecule has 78 valence electrons. The van der Waals surface area contributed by atoms with Gasteiger partial charge in [0.15, 0.2) is 0 Å². The van der Waals surface area contributed by atoms with E-state index in [-0.39, 0.29) is 0 Å². The molecule has 0 spiro atoms. The van der Waals surface area contributed by atoms with Crippen molar-refractivity contribution < 1.29 is 0 Å². The lowest BCUT2D eigenvalue weighted by Crippen LogP contribution is -2.31. The molecule has 0 heterocycles. The minimum Gasteiger partial charge on any atom is -0.328 e. The quantitative estimate of drug-likeness (QED) is 0.700. The van der Waals surface area contributed by atoms with Crippen LogP contribution in [0.15, 0.2) is 0 Å². The molecular formula is C11H24N2. The number of hydrogen-bond acceptors (Lipinski definition) is 2. The molecule has 2 unspecified atom stereocenters. The maximum absolute atomic E-state index is 5.69. The number of hydrogen-bond donors (Lipinski definition) is 2. The summed E-state index contributed by atoms with van der Waals surface area (Å²) in [6, 6.07) is 1.08. The lowest BCUT2D eigenvalue weighted by molar-refractivity contribution is 0.363. The summed E-state index contributed by atoms with van der Waals surface area (Å²) in [6.45, 7) is 7.87. The summed E-state index contributed by atoms with van der Waals surface area (Å²) < 4.78 is 0. The van der Waals surface area contributed by atoms with Gasteiger partial charge in [-0.2, -0.15) is 0 Å². The standard InChI is InChI=1S/C11H24N2/c1-9(12)5-7-13-10-4-6-11(2,3)8-10/h9-10,13H,4-8,12H2,1-3H3. The predicted octanol–water partition coefficient (Wildman–Crippen LogP) is 1.89. The molecule has 1 aliphatic carbocycles. The molecule has 0 radical (unpaired) electrons. The van der Waals surface area contributed by atoms with E-state index >= 15 is 0 Å². The van der Waals surface area contributed by atoms with Gasteiger partial charge in [0.05, 0.1) is 0 Å². The van der Waals surface area contributed by atoms with Gasteiger partial charge < -0.3 is 11.1 Å². The summed E-state index contributed by atoms with van der Waals surface area (Å²) in [5.41, 5.74) is 6.25. The summed E-state index contributed by atoms with van der Waals surface area (Å²) in [6.07, 6.45) is 5.12. The first-order valence-electron chi connectivity index (χ1n) is 5.48. The van der Waals surface area contributed by atoms with Gasteiger partial charge in [-0.3, -0.25) is 0 Å². The van der Waals surface area contributed by atoms with Gasteiger partial charge in [-0.15, -0.1) is 0 Å². The second-order valence-corrected chi connectivity index (χ2v) is 5.32. The van der Waals surface area contributed by atoms with E-state index in [0.717, 1.165) is 19.0 Å². The van der Waals surface area contributed by atoms with Crippen molar-refractivity contribution in [2.45, 2.75) is 58.5 Å². The van der Waals surface area contributed by atoms with Crippen LogP contribution in [0.3, 0.4) is 0 Å². The van der Waals surface area contributed by atoms with Crippen molar-refractivity contribution in [1.82, 2.24) is 5.32 Å². The van der Waals surface area contributed by atoms with Crippen LogP contribution in [0.1, 0.15) is 46.5 Å². The summed E-state index contributed by atoms with van der Waals surface area (Å²) in [5, 5.41) is 3.59. The van der Waals surface area contributed by atoms with Crippen molar-refractivity contribution >= 4 is 0 Å². The van der Waals surface area contributed by atoms with E-state index in [2.05, 4.69) is 26.1 Å². The SMILES string of the molecule is CC(N)CCNC1CCC(C)(C)C1. The molecule has 0 aliphatic heterocycles. The lowest BCUT2D eigenvalue weighted by Gasteiger charge is -2.18. The summed E-state index contributed by atoms with van der Waals surface area (Å²) in [5.74, 6) is 0. The minimum absolute atomic E-state index is 0.335. The van der Waals surface area contributed by atoms with E-state index in [1.54, 1.807) is 0 Å². The summed E-state index contributed by atoms with van der Waals surface area (Å²) in [4.78, 5) is 0. The average molecular weight is 184 g/mol. The highest BCUT2D eigenvalue weighted by atomic mass is 14.9. The molecule has 0 aromatic carbocycles. The van der Waals surface area contributed by atoms with Gasteiger partial charge in [0.2, 0.25) is 0 Å². The normalized spacial score (nSPS) is 29.1. The minimum atomic E-state index is 0.335. The van der Waals surface area contributed by atoms with Gasteiger partial charge >= 0.3 is 0 Å². The van der Waals surface area contributed by atoms with Gasteiger partial charge in [0.1, 0.15) is 0 Å². The van der Waals surface area contributed by atoms with Gasteiger partial charge in [-0.25, -0.2) is 0 Å². The maximum Gasteiger partial charge on any atom is 0.00723 e. The Hall–Kier alpha value is -0.0800. The van der Waals surface area contributed by atoms with Crippen molar-refractivity contribution in [1.29, 1.82) is 0 Å². The molecule has 0 bridgehead atoms. The van der Waals surface area contributed by atoms with Crippen molar-refractivity contribution in [3.8, 4) is 0 Å². The monoisotopic (exact) mass is 184 g/mol. The maximum atomic E-state index is 5.69. The van der Waals surface area contributed by atoms with E-state index in [4.69, 9.17) is 5.73 Å². The van der Waals surface area contributed by atoms with Crippen LogP contribution in [0, 0.1) is 5.41 Å². The molecule has 0 aromatic heterocycles. The molecule has 2 atom stereocenters.